The summed E-state index contributed by atoms with van der Waals surface area (Å²) in [5.41, 5.74) is 16.9. The lowest BCUT2D eigenvalue weighted by atomic mass is 9.34. The number of hydrogen-bond donors (Lipinski definition) is 0. The molecule has 0 amide bonds. The minimum absolute atomic E-state index is 0.132. The van der Waals surface area contributed by atoms with Gasteiger partial charge in [-0.2, -0.15) is 0 Å². The number of rotatable bonds is 1. The Morgan fingerprint density at radius 3 is 1.68 bits per heavy atom. The quantitative estimate of drug-likeness (QED) is 0.169. The molecule has 216 valence electrons. The lowest BCUT2D eigenvalue weighted by Gasteiger charge is -2.34. The van der Waals surface area contributed by atoms with Crippen LogP contribution in [0.1, 0.15) is 5.56 Å². The third-order valence-electron chi connectivity index (χ3n) is 11.1. The number of fused-ring (bicyclic) bond motifs is 14. The van der Waals surface area contributed by atoms with Gasteiger partial charge in [-0.1, -0.05) is 97.1 Å². The molecule has 3 nitrogen and oxygen atoms in total. The van der Waals surface area contributed by atoms with Gasteiger partial charge in [-0.3, -0.25) is 0 Å². The van der Waals surface area contributed by atoms with Crippen molar-refractivity contribution in [1.82, 2.24) is 13.7 Å². The molecule has 0 spiro atoms. The lowest BCUT2D eigenvalue weighted by molar-refractivity contribution is 1.13. The van der Waals surface area contributed by atoms with Crippen LogP contribution in [0.4, 0.5) is 0 Å². The first-order valence-electron chi connectivity index (χ1n) is 16.5. The van der Waals surface area contributed by atoms with Gasteiger partial charge in [0.25, 0.3) is 6.71 Å². The van der Waals surface area contributed by atoms with Crippen LogP contribution in [0.2, 0.25) is 0 Å². The van der Waals surface area contributed by atoms with E-state index in [0.717, 1.165) is 0 Å². The Kier molecular flexibility index (Phi) is 4.25. The summed E-state index contributed by atoms with van der Waals surface area (Å²) in [6.45, 7) is 2.43. The van der Waals surface area contributed by atoms with Gasteiger partial charge in [0.1, 0.15) is 0 Å². The Morgan fingerprint density at radius 1 is 0.426 bits per heavy atom. The Labute approximate surface area is 270 Å². The number of nitrogens with zero attached hydrogens (tertiary/aromatic N) is 3. The number of para-hydroxylation sites is 5. The van der Waals surface area contributed by atoms with Gasteiger partial charge in [0, 0.05) is 54.9 Å². The molecule has 47 heavy (non-hydrogen) atoms. The van der Waals surface area contributed by atoms with E-state index in [2.05, 4.69) is 160 Å². The molecule has 0 saturated carbocycles. The van der Waals surface area contributed by atoms with Gasteiger partial charge in [0.05, 0.1) is 27.6 Å². The lowest BCUT2D eigenvalue weighted by Crippen LogP contribution is -2.59. The van der Waals surface area contributed by atoms with Gasteiger partial charge in [-0.15, -0.1) is 0 Å². The zero-order valence-electron chi connectivity index (χ0n) is 25.7. The monoisotopic (exact) mass is 595 g/mol. The van der Waals surface area contributed by atoms with E-state index < -0.39 is 0 Å². The van der Waals surface area contributed by atoms with Gasteiger partial charge >= 0.3 is 0 Å². The van der Waals surface area contributed by atoms with Crippen LogP contribution in [0, 0.1) is 6.92 Å². The molecule has 0 radical (unpaired) electrons. The van der Waals surface area contributed by atoms with Gasteiger partial charge in [-0.05, 0) is 71.3 Å². The zero-order chi connectivity index (χ0) is 30.5. The maximum Gasteiger partial charge on any atom is 0.252 e. The number of hydrogen-bond acceptors (Lipinski definition) is 0. The summed E-state index contributed by atoms with van der Waals surface area (Å²) in [7, 11) is 0. The maximum absolute atomic E-state index is 2.58. The molecular formula is C43H26BN3. The average Bonchev–Trinajstić information content (AvgIpc) is 3.77. The molecule has 7 aromatic carbocycles. The molecule has 4 heteroatoms. The molecule has 0 N–H and O–H groups in total. The van der Waals surface area contributed by atoms with Crippen LogP contribution >= 0.6 is 0 Å². The zero-order valence-corrected chi connectivity index (χ0v) is 25.7. The third-order valence-corrected chi connectivity index (χ3v) is 11.1. The van der Waals surface area contributed by atoms with E-state index in [4.69, 9.17) is 0 Å². The molecule has 0 atom stereocenters. The molecule has 3 aromatic heterocycles. The first-order valence-corrected chi connectivity index (χ1v) is 16.5. The summed E-state index contributed by atoms with van der Waals surface area (Å²) in [5, 5.41) is 7.90. The van der Waals surface area contributed by atoms with Crippen molar-refractivity contribution in [2.24, 2.45) is 0 Å². The van der Waals surface area contributed by atoms with E-state index >= 15 is 0 Å². The van der Waals surface area contributed by atoms with Gasteiger partial charge in [-0.25, -0.2) is 0 Å². The van der Waals surface area contributed by atoms with E-state index in [9.17, 15) is 0 Å². The van der Waals surface area contributed by atoms with E-state index in [-0.39, 0.29) is 6.71 Å². The van der Waals surface area contributed by atoms with E-state index in [0.29, 0.717) is 0 Å². The normalized spacial score (nSPS) is 13.2. The summed E-state index contributed by atoms with van der Waals surface area (Å²) in [6.07, 6.45) is 0. The summed E-state index contributed by atoms with van der Waals surface area (Å²) in [6, 6.07) is 52.1. The Balaban J connectivity index is 1.28. The summed E-state index contributed by atoms with van der Waals surface area (Å²) in [4.78, 5) is 0. The predicted octanol–water partition coefficient (Wildman–Crippen LogP) is 8.43. The second-order valence-electron chi connectivity index (χ2n) is 13.3. The summed E-state index contributed by atoms with van der Waals surface area (Å²) in [5.74, 6) is 0. The van der Waals surface area contributed by atoms with Crippen LogP contribution in [0.25, 0.3) is 82.5 Å². The molecular weight excluding hydrogens is 569 g/mol. The molecule has 0 bridgehead atoms. The standard InChI is InChI=1S/C43H26BN3/c1-25-23-39-41-43-40(25)31-14-5-9-20-37(31)46(43)38-24-26(45-34-17-6-2-11-27(34)28-12-3-7-18-35(28)45)21-22-32(38)44(41)33-16-10-15-30-29-13-4-8-19-36(29)47(39)42(30)33/h2-24H,1H3. The van der Waals surface area contributed by atoms with Gasteiger partial charge in [0.2, 0.25) is 0 Å². The molecule has 5 heterocycles. The number of benzene rings is 7. The van der Waals surface area contributed by atoms with Crippen LogP contribution in [0.5, 0.6) is 0 Å². The first-order chi connectivity index (χ1) is 23.3. The Morgan fingerprint density at radius 2 is 0.979 bits per heavy atom. The van der Waals surface area contributed by atoms with Gasteiger partial charge in [0.15, 0.2) is 0 Å². The van der Waals surface area contributed by atoms with Crippen molar-refractivity contribution in [3.63, 3.8) is 0 Å². The fraction of sp³-hybridized carbons (Fsp3) is 0.0233. The van der Waals surface area contributed by atoms with Crippen molar-refractivity contribution in [3.05, 3.63) is 145 Å². The van der Waals surface area contributed by atoms with Crippen molar-refractivity contribution in [2.75, 3.05) is 0 Å². The molecule has 12 rings (SSSR count). The molecule has 0 unspecified atom stereocenters. The van der Waals surface area contributed by atoms with Crippen LogP contribution < -0.4 is 16.4 Å². The minimum Gasteiger partial charge on any atom is -0.310 e. The Hall–Kier alpha value is -6.00. The SMILES string of the molecule is Cc1cc2c3c4c1c1ccccc1n4-c1cc(-n4c5ccccc5c5ccccc54)ccc1B3c1cccc3c4ccccc4n-2c13. The fourth-order valence-corrected chi connectivity index (χ4v) is 9.41. The Bertz CT molecular complexity index is 2990. The van der Waals surface area contributed by atoms with Crippen molar-refractivity contribution >= 4 is 88.5 Å². The summed E-state index contributed by atoms with van der Waals surface area (Å²) >= 11 is 0. The molecule has 0 saturated heterocycles. The highest BCUT2D eigenvalue weighted by molar-refractivity contribution is 7.00. The predicted molar refractivity (Wildman–Crippen MR) is 199 cm³/mol. The topological polar surface area (TPSA) is 14.8 Å². The maximum atomic E-state index is 2.58. The van der Waals surface area contributed by atoms with Crippen LogP contribution in [-0.4, -0.2) is 20.4 Å². The first kappa shape index (κ1) is 24.3. The second-order valence-corrected chi connectivity index (χ2v) is 13.3. The van der Waals surface area contributed by atoms with Crippen molar-refractivity contribution in [1.29, 1.82) is 0 Å². The largest absolute Gasteiger partial charge is 0.310 e. The highest BCUT2D eigenvalue weighted by Gasteiger charge is 2.41. The minimum atomic E-state index is 0.132. The van der Waals surface area contributed by atoms with Crippen LogP contribution in [0.15, 0.2) is 140 Å². The van der Waals surface area contributed by atoms with E-state index in [1.165, 1.54) is 104 Å². The molecule has 0 fully saturated rings. The molecule has 2 aliphatic heterocycles. The smallest absolute Gasteiger partial charge is 0.252 e. The number of aromatic nitrogens is 3. The van der Waals surface area contributed by atoms with Crippen molar-refractivity contribution < 1.29 is 0 Å². The fourth-order valence-electron chi connectivity index (χ4n) is 9.41. The molecule has 2 aliphatic rings. The third kappa shape index (κ3) is 2.75. The van der Waals surface area contributed by atoms with Crippen molar-refractivity contribution in [3.8, 4) is 17.1 Å². The van der Waals surface area contributed by atoms with Crippen molar-refractivity contribution in [2.45, 2.75) is 6.92 Å². The van der Waals surface area contributed by atoms with Crippen LogP contribution in [0.3, 0.4) is 0 Å². The van der Waals surface area contributed by atoms with Crippen LogP contribution in [-0.2, 0) is 0 Å². The second kappa shape index (κ2) is 8.23. The summed E-state index contributed by atoms with van der Waals surface area (Å²) < 4.78 is 7.58. The van der Waals surface area contributed by atoms with E-state index in [1.807, 2.05) is 0 Å². The molecule has 0 aliphatic carbocycles. The highest BCUT2D eigenvalue weighted by Crippen LogP contribution is 2.41. The number of aryl methyl sites for hydroxylation is 1. The molecule has 10 aromatic rings. The van der Waals surface area contributed by atoms with Gasteiger partial charge < -0.3 is 13.7 Å². The average molecular weight is 596 g/mol. The highest BCUT2D eigenvalue weighted by atomic mass is 15.0. The van der Waals surface area contributed by atoms with E-state index in [1.54, 1.807) is 0 Å².